The molecule has 0 aliphatic carbocycles. The second-order valence-electron chi connectivity index (χ2n) is 6.05. The first kappa shape index (κ1) is 16.5. The molecular weight excluding hydrogens is 350 g/mol. The van der Waals surface area contributed by atoms with Crippen LogP contribution in [0.1, 0.15) is 17.7 Å². The topological polar surface area (TPSA) is 91.0 Å². The van der Waals surface area contributed by atoms with Gasteiger partial charge in [-0.15, -0.1) is 11.3 Å². The Balaban J connectivity index is 1.46. The first-order chi connectivity index (χ1) is 12.7. The minimum Gasteiger partial charge on any atom is -0.325 e. The van der Waals surface area contributed by atoms with Crippen LogP contribution in [0.25, 0.3) is 11.3 Å². The highest BCUT2D eigenvalue weighted by Crippen LogP contribution is 2.25. The molecule has 26 heavy (non-hydrogen) atoms. The Morgan fingerprint density at radius 1 is 1.35 bits per heavy atom. The van der Waals surface area contributed by atoms with Crippen LogP contribution in [-0.2, 0) is 16.1 Å². The van der Waals surface area contributed by atoms with Crippen molar-refractivity contribution in [2.75, 3.05) is 5.32 Å². The lowest BCUT2D eigenvalue weighted by molar-refractivity contribution is -0.133. The maximum absolute atomic E-state index is 12.7. The highest BCUT2D eigenvalue weighted by atomic mass is 32.1. The minimum atomic E-state index is -0.467. The summed E-state index contributed by atoms with van der Waals surface area (Å²) in [6.07, 6.45) is 4.31. The number of thiophene rings is 1. The molecule has 0 radical (unpaired) electrons. The van der Waals surface area contributed by atoms with Crippen molar-refractivity contribution >= 4 is 29.0 Å². The molecule has 7 nitrogen and oxygen atoms in total. The van der Waals surface area contributed by atoms with Crippen molar-refractivity contribution in [2.45, 2.75) is 25.4 Å². The predicted molar refractivity (Wildman–Crippen MR) is 98.3 cm³/mol. The fourth-order valence-corrected chi connectivity index (χ4v) is 3.75. The van der Waals surface area contributed by atoms with Crippen LogP contribution in [0, 0.1) is 0 Å². The third kappa shape index (κ3) is 3.36. The molecule has 4 heterocycles. The van der Waals surface area contributed by atoms with Gasteiger partial charge in [-0.3, -0.25) is 19.7 Å². The molecule has 2 amide bonds. The maximum Gasteiger partial charge on any atom is 0.248 e. The molecule has 1 aliphatic rings. The lowest BCUT2D eigenvalue weighted by atomic mass is 10.2. The fourth-order valence-electron chi connectivity index (χ4n) is 3.05. The number of nitrogens with zero attached hydrogens (tertiary/aromatic N) is 3. The summed E-state index contributed by atoms with van der Waals surface area (Å²) >= 11 is 1.58. The summed E-state index contributed by atoms with van der Waals surface area (Å²) < 4.78 is 0. The Labute approximate surface area is 154 Å². The summed E-state index contributed by atoms with van der Waals surface area (Å²) in [6.45, 7) is 0.470. The zero-order chi connectivity index (χ0) is 17.9. The molecule has 2 N–H and O–H groups in total. The Kier molecular flexibility index (Phi) is 4.49. The van der Waals surface area contributed by atoms with Crippen LogP contribution in [0.4, 0.5) is 5.82 Å². The van der Waals surface area contributed by atoms with E-state index in [1.807, 2.05) is 29.6 Å². The molecular formula is C18H17N5O2S. The fraction of sp³-hybridized carbons (Fsp3) is 0.222. The predicted octanol–water partition coefficient (Wildman–Crippen LogP) is 2.66. The van der Waals surface area contributed by atoms with E-state index in [2.05, 4.69) is 20.5 Å². The van der Waals surface area contributed by atoms with Gasteiger partial charge in [0.2, 0.25) is 11.8 Å². The van der Waals surface area contributed by atoms with Gasteiger partial charge >= 0.3 is 0 Å². The van der Waals surface area contributed by atoms with E-state index in [1.165, 1.54) is 0 Å². The van der Waals surface area contributed by atoms with Gasteiger partial charge in [-0.1, -0.05) is 6.07 Å². The van der Waals surface area contributed by atoms with Gasteiger partial charge in [-0.25, -0.2) is 0 Å². The molecule has 1 saturated heterocycles. The average molecular weight is 367 g/mol. The standard InChI is InChI=1S/C18H17N5O2S/c24-17-4-3-15(23(17)11-13-2-1-9-26-13)18(25)20-16-10-14(21-22-16)12-5-7-19-8-6-12/h1-2,5-10,15H,3-4,11H2,(H2,20,21,22,25). The first-order valence-corrected chi connectivity index (χ1v) is 9.17. The Morgan fingerprint density at radius 2 is 2.19 bits per heavy atom. The summed E-state index contributed by atoms with van der Waals surface area (Å²) in [7, 11) is 0. The summed E-state index contributed by atoms with van der Waals surface area (Å²) in [6, 6.07) is 8.94. The largest absolute Gasteiger partial charge is 0.325 e. The number of rotatable bonds is 5. The Hall–Kier alpha value is -3.00. The van der Waals surface area contributed by atoms with Gasteiger partial charge < -0.3 is 10.2 Å². The molecule has 1 aliphatic heterocycles. The van der Waals surface area contributed by atoms with Gasteiger partial charge in [0.1, 0.15) is 6.04 Å². The van der Waals surface area contributed by atoms with Crippen molar-refractivity contribution in [3.05, 3.63) is 53.0 Å². The van der Waals surface area contributed by atoms with E-state index in [4.69, 9.17) is 0 Å². The third-order valence-electron chi connectivity index (χ3n) is 4.36. The van der Waals surface area contributed by atoms with Crippen LogP contribution in [0.5, 0.6) is 0 Å². The zero-order valence-corrected chi connectivity index (χ0v) is 14.7. The maximum atomic E-state index is 12.7. The van der Waals surface area contributed by atoms with Crippen molar-refractivity contribution in [1.82, 2.24) is 20.1 Å². The van der Waals surface area contributed by atoms with Crippen molar-refractivity contribution < 1.29 is 9.59 Å². The molecule has 1 atom stereocenters. The second kappa shape index (κ2) is 7.09. The highest BCUT2D eigenvalue weighted by Gasteiger charge is 2.36. The lowest BCUT2D eigenvalue weighted by Gasteiger charge is -2.23. The SMILES string of the molecule is O=C(Nc1cc(-c2ccncc2)[nH]n1)C1CCC(=O)N1Cc1cccs1. The van der Waals surface area contributed by atoms with Gasteiger partial charge in [0.25, 0.3) is 0 Å². The highest BCUT2D eigenvalue weighted by molar-refractivity contribution is 7.09. The zero-order valence-electron chi connectivity index (χ0n) is 13.9. The number of pyridine rings is 1. The van der Waals surface area contributed by atoms with E-state index in [1.54, 1.807) is 34.7 Å². The third-order valence-corrected chi connectivity index (χ3v) is 5.22. The van der Waals surface area contributed by atoms with Gasteiger partial charge in [0.05, 0.1) is 12.2 Å². The van der Waals surface area contributed by atoms with Gasteiger partial charge in [-0.05, 0) is 30.0 Å². The number of anilines is 1. The molecule has 1 fully saturated rings. The molecule has 0 aromatic carbocycles. The Morgan fingerprint density at radius 3 is 2.96 bits per heavy atom. The van der Waals surface area contributed by atoms with Crippen LogP contribution >= 0.6 is 11.3 Å². The number of likely N-dealkylation sites (tertiary alicyclic amines) is 1. The van der Waals surface area contributed by atoms with Crippen molar-refractivity contribution in [3.63, 3.8) is 0 Å². The van der Waals surface area contributed by atoms with E-state index in [9.17, 15) is 9.59 Å². The number of amides is 2. The quantitative estimate of drug-likeness (QED) is 0.725. The van der Waals surface area contributed by atoms with Crippen LogP contribution in [-0.4, -0.2) is 37.9 Å². The van der Waals surface area contributed by atoms with Crippen LogP contribution < -0.4 is 5.32 Å². The number of carbonyl (C=O) groups is 2. The number of aromatic nitrogens is 3. The van der Waals surface area contributed by atoms with E-state index in [0.29, 0.717) is 25.2 Å². The van der Waals surface area contributed by atoms with Crippen LogP contribution in [0.15, 0.2) is 48.1 Å². The van der Waals surface area contributed by atoms with Gasteiger partial charge in [0, 0.05) is 35.3 Å². The van der Waals surface area contributed by atoms with Crippen molar-refractivity contribution in [3.8, 4) is 11.3 Å². The van der Waals surface area contributed by atoms with Crippen LogP contribution in [0.2, 0.25) is 0 Å². The molecule has 0 saturated carbocycles. The van der Waals surface area contributed by atoms with Gasteiger partial charge in [0.15, 0.2) is 5.82 Å². The van der Waals surface area contributed by atoms with Gasteiger partial charge in [-0.2, -0.15) is 5.10 Å². The van der Waals surface area contributed by atoms with Crippen molar-refractivity contribution in [2.24, 2.45) is 0 Å². The average Bonchev–Trinajstić information content (AvgIpc) is 3.39. The first-order valence-electron chi connectivity index (χ1n) is 8.29. The van der Waals surface area contributed by atoms with Crippen LogP contribution in [0.3, 0.4) is 0 Å². The second-order valence-corrected chi connectivity index (χ2v) is 7.08. The molecule has 0 spiro atoms. The summed E-state index contributed by atoms with van der Waals surface area (Å²) in [5, 5.41) is 11.8. The lowest BCUT2D eigenvalue weighted by Crippen LogP contribution is -2.41. The number of carbonyl (C=O) groups excluding carboxylic acids is 2. The molecule has 3 aromatic rings. The van der Waals surface area contributed by atoms with E-state index < -0.39 is 6.04 Å². The summed E-state index contributed by atoms with van der Waals surface area (Å²) in [5.41, 5.74) is 1.73. The number of aromatic amines is 1. The van der Waals surface area contributed by atoms with Crippen molar-refractivity contribution in [1.29, 1.82) is 0 Å². The summed E-state index contributed by atoms with van der Waals surface area (Å²) in [5.74, 6) is 0.246. The molecule has 4 rings (SSSR count). The number of nitrogens with one attached hydrogen (secondary N) is 2. The number of hydrogen-bond donors (Lipinski definition) is 2. The molecule has 132 valence electrons. The molecule has 0 bridgehead atoms. The smallest absolute Gasteiger partial charge is 0.248 e. The number of hydrogen-bond acceptors (Lipinski definition) is 5. The monoisotopic (exact) mass is 367 g/mol. The molecule has 1 unspecified atom stereocenters. The normalized spacial score (nSPS) is 16.8. The number of H-pyrrole nitrogens is 1. The molecule has 3 aromatic heterocycles. The van der Waals surface area contributed by atoms with E-state index in [-0.39, 0.29) is 11.8 Å². The molecule has 8 heteroatoms. The minimum absolute atomic E-state index is 0.0121. The van der Waals surface area contributed by atoms with E-state index >= 15 is 0 Å². The van der Waals surface area contributed by atoms with E-state index in [0.717, 1.165) is 16.1 Å². The Bertz CT molecular complexity index is 907. The summed E-state index contributed by atoms with van der Waals surface area (Å²) in [4.78, 5) is 31.6.